The van der Waals surface area contributed by atoms with Crippen LogP contribution in [0.5, 0.6) is 0 Å². The predicted octanol–water partition coefficient (Wildman–Crippen LogP) is 0.466. The van der Waals surface area contributed by atoms with Crippen LogP contribution >= 0.6 is 0 Å². The van der Waals surface area contributed by atoms with Gasteiger partial charge in [0.05, 0.1) is 12.3 Å². The third kappa shape index (κ3) is 2.18. The Kier molecular flexibility index (Phi) is 3.14. The molecule has 0 amide bonds. The number of ether oxygens (including phenoxy) is 1. The van der Waals surface area contributed by atoms with Crippen molar-refractivity contribution in [3.05, 3.63) is 17.5 Å². The lowest BCUT2D eigenvalue weighted by Gasteiger charge is -2.21. The van der Waals surface area contributed by atoms with Gasteiger partial charge in [0, 0.05) is 18.8 Å². The molecule has 0 aromatic carbocycles. The molecule has 0 saturated heterocycles. The second kappa shape index (κ2) is 4.02. The number of carbonyl (C=O) groups is 1. The second-order valence-corrected chi connectivity index (χ2v) is 3.72. The Bertz CT molecular complexity index is 369. The van der Waals surface area contributed by atoms with Crippen LogP contribution in [0.25, 0.3) is 0 Å². The van der Waals surface area contributed by atoms with Crippen molar-refractivity contribution in [1.29, 1.82) is 0 Å². The van der Waals surface area contributed by atoms with E-state index >= 15 is 0 Å². The largest absolute Gasteiger partial charge is 0.464 e. The van der Waals surface area contributed by atoms with Crippen LogP contribution in [-0.4, -0.2) is 22.4 Å². The van der Waals surface area contributed by atoms with Crippen molar-refractivity contribution in [1.82, 2.24) is 9.78 Å². The summed E-state index contributed by atoms with van der Waals surface area (Å²) in [6.45, 7) is 5.53. The zero-order chi connectivity index (χ0) is 11.6. The molecule has 1 rings (SSSR count). The highest BCUT2D eigenvalue weighted by Gasteiger charge is 2.35. The lowest BCUT2D eigenvalue weighted by atomic mass is 9.94. The average molecular weight is 211 g/mol. The SMILES string of the molecule is CCOC(=O)C(C)(N)c1cn(C)nc1C. The number of hydrogen-bond donors (Lipinski definition) is 1. The first-order valence-electron chi connectivity index (χ1n) is 4.86. The number of hydrogen-bond acceptors (Lipinski definition) is 4. The standard InChI is InChI=1S/C10H17N3O2/c1-5-15-9(14)10(3,11)8-6-13(4)12-7(8)2/h6H,5,11H2,1-4H3. The van der Waals surface area contributed by atoms with Crippen molar-refractivity contribution < 1.29 is 9.53 Å². The van der Waals surface area contributed by atoms with Crippen molar-refractivity contribution >= 4 is 5.97 Å². The first-order valence-corrected chi connectivity index (χ1v) is 4.86. The molecule has 0 radical (unpaired) electrons. The maximum absolute atomic E-state index is 11.6. The monoisotopic (exact) mass is 211 g/mol. The molecule has 0 spiro atoms. The topological polar surface area (TPSA) is 70.1 Å². The molecule has 0 aliphatic carbocycles. The quantitative estimate of drug-likeness (QED) is 0.738. The molecule has 0 fully saturated rings. The second-order valence-electron chi connectivity index (χ2n) is 3.72. The van der Waals surface area contributed by atoms with Crippen LogP contribution in [-0.2, 0) is 22.1 Å². The van der Waals surface area contributed by atoms with Gasteiger partial charge >= 0.3 is 5.97 Å². The molecule has 0 bridgehead atoms. The number of nitrogens with two attached hydrogens (primary N) is 1. The van der Waals surface area contributed by atoms with Gasteiger partial charge in [-0.15, -0.1) is 0 Å². The maximum Gasteiger partial charge on any atom is 0.330 e. The molecule has 1 unspecified atom stereocenters. The molecule has 1 heterocycles. The van der Waals surface area contributed by atoms with E-state index in [1.54, 1.807) is 31.8 Å². The molecular weight excluding hydrogens is 194 g/mol. The number of carbonyl (C=O) groups excluding carboxylic acids is 1. The van der Waals surface area contributed by atoms with Gasteiger partial charge < -0.3 is 10.5 Å². The lowest BCUT2D eigenvalue weighted by molar-refractivity contribution is -0.149. The van der Waals surface area contributed by atoms with Crippen LogP contribution in [0, 0.1) is 6.92 Å². The van der Waals surface area contributed by atoms with Crippen molar-refractivity contribution in [2.45, 2.75) is 26.3 Å². The number of esters is 1. The van der Waals surface area contributed by atoms with E-state index in [-0.39, 0.29) is 0 Å². The third-order valence-corrected chi connectivity index (χ3v) is 2.27. The van der Waals surface area contributed by atoms with Crippen LogP contribution in [0.3, 0.4) is 0 Å². The summed E-state index contributed by atoms with van der Waals surface area (Å²) in [4.78, 5) is 11.6. The lowest BCUT2D eigenvalue weighted by Crippen LogP contribution is -2.43. The molecule has 0 aliphatic heterocycles. The molecule has 1 aromatic heterocycles. The smallest absolute Gasteiger partial charge is 0.330 e. The van der Waals surface area contributed by atoms with Crippen molar-refractivity contribution in [3.63, 3.8) is 0 Å². The first kappa shape index (κ1) is 11.7. The predicted molar refractivity (Wildman–Crippen MR) is 56.1 cm³/mol. The molecule has 5 nitrogen and oxygen atoms in total. The Labute approximate surface area is 89.2 Å². The molecule has 2 N–H and O–H groups in total. The van der Waals surface area contributed by atoms with Gasteiger partial charge in [-0.25, -0.2) is 4.79 Å². The number of rotatable bonds is 3. The van der Waals surface area contributed by atoms with E-state index < -0.39 is 11.5 Å². The summed E-state index contributed by atoms with van der Waals surface area (Å²) >= 11 is 0. The molecule has 1 atom stereocenters. The fourth-order valence-corrected chi connectivity index (χ4v) is 1.50. The summed E-state index contributed by atoms with van der Waals surface area (Å²) < 4.78 is 6.56. The Morgan fingerprint density at radius 2 is 2.33 bits per heavy atom. The van der Waals surface area contributed by atoms with E-state index in [1.165, 1.54) is 0 Å². The summed E-state index contributed by atoms with van der Waals surface area (Å²) in [5.74, 6) is -0.430. The highest BCUT2D eigenvalue weighted by Crippen LogP contribution is 2.21. The summed E-state index contributed by atoms with van der Waals surface area (Å²) in [6, 6.07) is 0. The zero-order valence-electron chi connectivity index (χ0n) is 9.57. The Hall–Kier alpha value is -1.36. The Morgan fingerprint density at radius 3 is 2.73 bits per heavy atom. The van der Waals surface area contributed by atoms with Gasteiger partial charge in [-0.05, 0) is 20.8 Å². The summed E-state index contributed by atoms with van der Waals surface area (Å²) in [6.07, 6.45) is 1.74. The van der Waals surface area contributed by atoms with Crippen LogP contribution in [0.15, 0.2) is 6.20 Å². The summed E-state index contributed by atoms with van der Waals surface area (Å²) in [5.41, 5.74) is 6.27. The van der Waals surface area contributed by atoms with E-state index in [0.717, 1.165) is 5.69 Å². The minimum absolute atomic E-state index is 0.324. The normalized spacial score (nSPS) is 14.7. The third-order valence-electron chi connectivity index (χ3n) is 2.27. The van der Waals surface area contributed by atoms with Crippen LogP contribution in [0.1, 0.15) is 25.1 Å². The molecule has 5 heteroatoms. The van der Waals surface area contributed by atoms with E-state index in [9.17, 15) is 4.79 Å². The van der Waals surface area contributed by atoms with Gasteiger partial charge in [-0.2, -0.15) is 5.10 Å². The average Bonchev–Trinajstić information content (AvgIpc) is 2.46. The Morgan fingerprint density at radius 1 is 1.73 bits per heavy atom. The van der Waals surface area contributed by atoms with Gasteiger partial charge in [0.15, 0.2) is 0 Å². The van der Waals surface area contributed by atoms with Gasteiger partial charge in [-0.3, -0.25) is 4.68 Å². The van der Waals surface area contributed by atoms with E-state index in [4.69, 9.17) is 10.5 Å². The van der Waals surface area contributed by atoms with Crippen LogP contribution in [0.4, 0.5) is 0 Å². The number of nitrogens with zero attached hydrogens (tertiary/aromatic N) is 2. The summed E-state index contributed by atoms with van der Waals surface area (Å²) in [5, 5.41) is 4.15. The molecule has 0 aliphatic rings. The molecular formula is C10H17N3O2. The van der Waals surface area contributed by atoms with E-state index in [2.05, 4.69) is 5.10 Å². The fourth-order valence-electron chi connectivity index (χ4n) is 1.50. The molecule has 15 heavy (non-hydrogen) atoms. The highest BCUT2D eigenvalue weighted by atomic mass is 16.5. The van der Waals surface area contributed by atoms with E-state index in [0.29, 0.717) is 12.2 Å². The van der Waals surface area contributed by atoms with Crippen LogP contribution in [0.2, 0.25) is 0 Å². The fraction of sp³-hybridized carbons (Fsp3) is 0.600. The van der Waals surface area contributed by atoms with Gasteiger partial charge in [0.1, 0.15) is 5.54 Å². The zero-order valence-corrected chi connectivity index (χ0v) is 9.57. The van der Waals surface area contributed by atoms with Crippen molar-refractivity contribution in [2.75, 3.05) is 6.61 Å². The highest BCUT2D eigenvalue weighted by molar-refractivity contribution is 5.82. The molecule has 0 saturated carbocycles. The molecule has 1 aromatic rings. The van der Waals surface area contributed by atoms with E-state index in [1.807, 2.05) is 6.92 Å². The number of aryl methyl sites for hydroxylation is 2. The summed E-state index contributed by atoms with van der Waals surface area (Å²) in [7, 11) is 1.79. The molecule has 84 valence electrons. The number of aromatic nitrogens is 2. The van der Waals surface area contributed by atoms with Crippen LogP contribution < -0.4 is 5.73 Å². The first-order chi connectivity index (χ1) is 6.89. The van der Waals surface area contributed by atoms with Crippen molar-refractivity contribution in [3.8, 4) is 0 Å². The maximum atomic E-state index is 11.6. The Balaban J connectivity index is 3.04. The minimum Gasteiger partial charge on any atom is -0.464 e. The minimum atomic E-state index is -1.13. The van der Waals surface area contributed by atoms with Gasteiger partial charge in [-0.1, -0.05) is 0 Å². The van der Waals surface area contributed by atoms with Gasteiger partial charge in [0.25, 0.3) is 0 Å². The van der Waals surface area contributed by atoms with Crippen molar-refractivity contribution in [2.24, 2.45) is 12.8 Å². The van der Waals surface area contributed by atoms with Gasteiger partial charge in [0.2, 0.25) is 0 Å².